The topological polar surface area (TPSA) is 26.3 Å². The van der Waals surface area contributed by atoms with Crippen molar-refractivity contribution in [2.45, 2.75) is 0 Å². The van der Waals surface area contributed by atoms with Crippen LogP contribution in [0.1, 0.15) is 0 Å². The highest BCUT2D eigenvalue weighted by Gasteiger charge is 2.20. The molecule has 0 saturated carbocycles. The Balaban J connectivity index is 1.07. The van der Waals surface area contributed by atoms with Gasteiger partial charge in [0.05, 0.1) is 0 Å². The molecule has 2 heterocycles. The minimum atomic E-state index is 0.885. The summed E-state index contributed by atoms with van der Waals surface area (Å²) in [5.41, 5.74) is 11.0. The van der Waals surface area contributed by atoms with Crippen LogP contribution < -0.4 is 0 Å². The Bertz CT molecular complexity index is 3430. The maximum Gasteiger partial charge on any atom is 0.143 e. The predicted octanol–water partition coefficient (Wildman–Crippen LogP) is 15.1. The van der Waals surface area contributed by atoms with E-state index >= 15 is 0 Å². The van der Waals surface area contributed by atoms with Gasteiger partial charge in [-0.1, -0.05) is 146 Å². The van der Waals surface area contributed by atoms with Gasteiger partial charge in [0.1, 0.15) is 22.3 Å². The quantitative estimate of drug-likeness (QED) is 0.173. The first kappa shape index (κ1) is 29.4. The molecule has 0 spiro atoms. The average Bonchev–Trinajstić information content (AvgIpc) is 3.81. The SMILES string of the molecule is c1ccc(-c2c3ccccc3c(-c3ccc(-c4ccc5oc6c(ccc7c6ccc6oc8ccccc8c67)c5c4)c4ccccc34)c3ccccc23)cc1. The molecule has 0 aliphatic heterocycles. The van der Waals surface area contributed by atoms with E-state index in [4.69, 9.17) is 8.83 Å². The fourth-order valence-corrected chi connectivity index (χ4v) is 9.13. The summed E-state index contributed by atoms with van der Waals surface area (Å²) >= 11 is 0. The van der Waals surface area contributed by atoms with Gasteiger partial charge in [-0.3, -0.25) is 0 Å². The summed E-state index contributed by atoms with van der Waals surface area (Å²) < 4.78 is 12.9. The number of para-hydroxylation sites is 1. The molecule has 0 aliphatic rings. The lowest BCUT2D eigenvalue weighted by Crippen LogP contribution is -1.92. The Morgan fingerprint density at radius 1 is 0.259 bits per heavy atom. The molecule has 2 aromatic heterocycles. The standard InChI is InChI=1S/C52H30O2/c1-2-12-31(13-3-1)49-36-16-6-8-18-38(36)50(39-19-9-7-17-37(39)49)40-24-23-33(34-14-4-5-15-35(34)40)32-22-28-47-45(30-32)43-26-25-41-42(52(43)54-47)27-29-48-51(41)44-20-10-11-21-46(44)53-48/h1-30H. The Morgan fingerprint density at radius 3 is 1.52 bits per heavy atom. The number of rotatable bonds is 3. The smallest absolute Gasteiger partial charge is 0.143 e. The number of furan rings is 2. The summed E-state index contributed by atoms with van der Waals surface area (Å²) in [6.07, 6.45) is 0. The van der Waals surface area contributed by atoms with Crippen molar-refractivity contribution in [2.75, 3.05) is 0 Å². The maximum absolute atomic E-state index is 6.65. The van der Waals surface area contributed by atoms with Crippen molar-refractivity contribution >= 4 is 87.0 Å². The fraction of sp³-hybridized carbons (Fsp3) is 0. The third-order valence-electron chi connectivity index (χ3n) is 11.5. The number of benzene rings is 10. The zero-order valence-corrected chi connectivity index (χ0v) is 29.1. The van der Waals surface area contributed by atoms with Crippen LogP contribution in [0.4, 0.5) is 0 Å². The van der Waals surface area contributed by atoms with Crippen molar-refractivity contribution in [3.63, 3.8) is 0 Å². The van der Waals surface area contributed by atoms with Gasteiger partial charge in [0.25, 0.3) is 0 Å². The Kier molecular flexibility index (Phi) is 6.09. The zero-order chi connectivity index (χ0) is 35.3. The molecule has 0 unspecified atom stereocenters. The van der Waals surface area contributed by atoms with E-state index in [1.54, 1.807) is 0 Å². The molecule has 54 heavy (non-hydrogen) atoms. The van der Waals surface area contributed by atoms with E-state index in [1.807, 2.05) is 12.1 Å². The molecule has 12 rings (SSSR count). The lowest BCUT2D eigenvalue weighted by Gasteiger charge is -2.19. The van der Waals surface area contributed by atoms with Crippen LogP contribution in [0.25, 0.3) is 120 Å². The minimum absolute atomic E-state index is 0.885. The van der Waals surface area contributed by atoms with E-state index in [0.717, 1.165) is 54.6 Å². The summed E-state index contributed by atoms with van der Waals surface area (Å²) in [5.74, 6) is 0. The summed E-state index contributed by atoms with van der Waals surface area (Å²) in [6.45, 7) is 0. The van der Waals surface area contributed by atoms with Crippen LogP contribution in [0.2, 0.25) is 0 Å². The molecule has 0 bridgehead atoms. The highest BCUT2D eigenvalue weighted by molar-refractivity contribution is 6.26. The molecule has 12 aromatic rings. The van der Waals surface area contributed by atoms with E-state index in [2.05, 4.69) is 170 Å². The third kappa shape index (κ3) is 4.11. The van der Waals surface area contributed by atoms with Gasteiger partial charge in [-0.2, -0.15) is 0 Å². The molecular formula is C52H30O2. The molecule has 2 nitrogen and oxygen atoms in total. The highest BCUT2D eigenvalue weighted by atomic mass is 16.3. The Labute approximate surface area is 310 Å². The van der Waals surface area contributed by atoms with Gasteiger partial charge >= 0.3 is 0 Å². The highest BCUT2D eigenvalue weighted by Crippen LogP contribution is 2.47. The first-order valence-electron chi connectivity index (χ1n) is 18.5. The second-order valence-corrected chi connectivity index (χ2v) is 14.3. The molecule has 0 amide bonds. The second kappa shape index (κ2) is 11.2. The Hall–Kier alpha value is -7.16. The van der Waals surface area contributed by atoms with Crippen molar-refractivity contribution in [1.29, 1.82) is 0 Å². The summed E-state index contributed by atoms with van der Waals surface area (Å²) in [7, 11) is 0. The van der Waals surface area contributed by atoms with Gasteiger partial charge in [-0.05, 0) is 107 Å². The molecule has 0 saturated heterocycles. The molecule has 2 heteroatoms. The largest absolute Gasteiger partial charge is 0.456 e. The van der Waals surface area contributed by atoms with Crippen LogP contribution in [-0.2, 0) is 0 Å². The fourth-order valence-electron chi connectivity index (χ4n) is 9.13. The van der Waals surface area contributed by atoms with Crippen molar-refractivity contribution in [2.24, 2.45) is 0 Å². The van der Waals surface area contributed by atoms with Crippen molar-refractivity contribution in [1.82, 2.24) is 0 Å². The van der Waals surface area contributed by atoms with Gasteiger partial charge in [0, 0.05) is 26.9 Å². The lowest BCUT2D eigenvalue weighted by molar-refractivity contribution is 0.669. The summed E-state index contributed by atoms with van der Waals surface area (Å²) in [5, 5.41) is 14.2. The molecule has 0 N–H and O–H groups in total. The number of fused-ring (bicyclic) bond motifs is 12. The molecule has 0 radical (unpaired) electrons. The lowest BCUT2D eigenvalue weighted by atomic mass is 9.84. The Morgan fingerprint density at radius 2 is 0.778 bits per heavy atom. The summed E-state index contributed by atoms with van der Waals surface area (Å²) in [6, 6.07) is 65.6. The average molecular weight is 687 g/mol. The van der Waals surface area contributed by atoms with Crippen LogP contribution in [0.5, 0.6) is 0 Å². The number of hydrogen-bond donors (Lipinski definition) is 0. The maximum atomic E-state index is 6.65. The van der Waals surface area contributed by atoms with Crippen molar-refractivity contribution in [3.8, 4) is 33.4 Å². The molecular weight excluding hydrogens is 657 g/mol. The number of hydrogen-bond acceptors (Lipinski definition) is 2. The van der Waals surface area contributed by atoms with E-state index in [-0.39, 0.29) is 0 Å². The molecule has 0 aliphatic carbocycles. The van der Waals surface area contributed by atoms with Crippen LogP contribution in [0.15, 0.2) is 191 Å². The van der Waals surface area contributed by atoms with Gasteiger partial charge in [0.2, 0.25) is 0 Å². The normalized spacial score (nSPS) is 12.1. The third-order valence-corrected chi connectivity index (χ3v) is 11.5. The first-order valence-corrected chi connectivity index (χ1v) is 18.5. The van der Waals surface area contributed by atoms with Crippen LogP contribution >= 0.6 is 0 Å². The van der Waals surface area contributed by atoms with Gasteiger partial charge in [-0.25, -0.2) is 0 Å². The predicted molar refractivity (Wildman–Crippen MR) is 227 cm³/mol. The van der Waals surface area contributed by atoms with Crippen molar-refractivity contribution in [3.05, 3.63) is 182 Å². The van der Waals surface area contributed by atoms with Gasteiger partial charge in [0.15, 0.2) is 0 Å². The molecule has 0 fully saturated rings. The van der Waals surface area contributed by atoms with E-state index in [1.165, 1.54) is 65.7 Å². The molecule has 10 aromatic carbocycles. The summed E-state index contributed by atoms with van der Waals surface area (Å²) in [4.78, 5) is 0. The minimum Gasteiger partial charge on any atom is -0.456 e. The van der Waals surface area contributed by atoms with Crippen LogP contribution in [-0.4, -0.2) is 0 Å². The van der Waals surface area contributed by atoms with Crippen molar-refractivity contribution < 1.29 is 8.83 Å². The zero-order valence-electron chi connectivity index (χ0n) is 29.1. The van der Waals surface area contributed by atoms with E-state index in [0.29, 0.717) is 0 Å². The molecule has 0 atom stereocenters. The monoisotopic (exact) mass is 686 g/mol. The second-order valence-electron chi connectivity index (χ2n) is 14.3. The molecule has 250 valence electrons. The van der Waals surface area contributed by atoms with E-state index in [9.17, 15) is 0 Å². The van der Waals surface area contributed by atoms with Gasteiger partial charge in [-0.15, -0.1) is 0 Å². The van der Waals surface area contributed by atoms with Crippen LogP contribution in [0.3, 0.4) is 0 Å². The van der Waals surface area contributed by atoms with Crippen LogP contribution in [0, 0.1) is 0 Å². The van der Waals surface area contributed by atoms with Gasteiger partial charge < -0.3 is 8.83 Å². The first-order chi connectivity index (χ1) is 26.8. The van der Waals surface area contributed by atoms with E-state index < -0.39 is 0 Å².